The third-order valence-corrected chi connectivity index (χ3v) is 10.7. The fraction of sp³-hybridized carbons (Fsp3) is 0.0962. The summed E-state index contributed by atoms with van der Waals surface area (Å²) in [7, 11) is 0. The Bertz CT molecular complexity index is 2740. The van der Waals surface area contributed by atoms with Gasteiger partial charge in [0.2, 0.25) is 0 Å². The SMILES string of the molecule is CCC(=NC(=NCc1ccc(-c2cncc3ccccc23)cc1)c1cccc(-c2cccc3c2CCC=C3)c1)c1ccc(-c2cccc3ccccc23)cc1. The third-order valence-electron chi connectivity index (χ3n) is 10.7. The molecule has 0 saturated heterocycles. The van der Waals surface area contributed by atoms with Crippen molar-refractivity contribution in [2.45, 2.75) is 32.7 Å². The standard InChI is InChI=1S/C52H41N3/c1-2-51(41-30-28-39(29-31-41)47-22-10-15-37-12-3-6-19-45(37)47)55-52(43-18-9-17-42(32-43)48-23-11-16-38-13-4-7-20-46(38)48)54-33-36-24-26-40(27-25-36)50-35-53-34-44-14-5-8-21-49(44)50/h3-6,8-19,21-32,34-35H,2,7,20,33H2,1H3. The molecule has 7 aromatic carbocycles. The summed E-state index contributed by atoms with van der Waals surface area (Å²) in [5.41, 5.74) is 14.2. The van der Waals surface area contributed by atoms with Crippen LogP contribution in [-0.2, 0) is 13.0 Å². The normalized spacial score (nSPS) is 13.0. The van der Waals surface area contributed by atoms with Crippen LogP contribution in [0.4, 0.5) is 0 Å². The molecule has 3 nitrogen and oxygen atoms in total. The monoisotopic (exact) mass is 707 g/mol. The topological polar surface area (TPSA) is 37.6 Å². The highest BCUT2D eigenvalue weighted by Crippen LogP contribution is 2.33. The molecule has 0 saturated carbocycles. The highest BCUT2D eigenvalue weighted by molar-refractivity contribution is 6.13. The first-order chi connectivity index (χ1) is 27.2. The second-order valence-corrected chi connectivity index (χ2v) is 14.2. The van der Waals surface area contributed by atoms with Crippen LogP contribution in [0, 0.1) is 0 Å². The number of fused-ring (bicyclic) bond motifs is 3. The molecule has 0 N–H and O–H groups in total. The smallest absolute Gasteiger partial charge is 0.155 e. The lowest BCUT2D eigenvalue weighted by Crippen LogP contribution is -2.07. The van der Waals surface area contributed by atoms with Gasteiger partial charge in [-0.2, -0.15) is 0 Å². The fourth-order valence-corrected chi connectivity index (χ4v) is 7.86. The van der Waals surface area contributed by atoms with Crippen LogP contribution in [0.3, 0.4) is 0 Å². The molecule has 0 amide bonds. The molecule has 0 spiro atoms. The summed E-state index contributed by atoms with van der Waals surface area (Å²) >= 11 is 0. The lowest BCUT2D eigenvalue weighted by atomic mass is 9.89. The number of hydrogen-bond donors (Lipinski definition) is 0. The van der Waals surface area contributed by atoms with Crippen molar-refractivity contribution < 1.29 is 0 Å². The average molecular weight is 708 g/mol. The lowest BCUT2D eigenvalue weighted by molar-refractivity contribution is 0.988. The first kappa shape index (κ1) is 34.1. The molecule has 1 aromatic heterocycles. The number of hydrogen-bond acceptors (Lipinski definition) is 2. The summed E-state index contributed by atoms with van der Waals surface area (Å²) in [5.74, 6) is 0.740. The summed E-state index contributed by atoms with van der Waals surface area (Å²) < 4.78 is 0. The summed E-state index contributed by atoms with van der Waals surface area (Å²) in [6, 6.07) is 56.5. The maximum atomic E-state index is 5.37. The van der Waals surface area contributed by atoms with Gasteiger partial charge in [-0.3, -0.25) is 9.98 Å². The molecule has 0 unspecified atom stereocenters. The van der Waals surface area contributed by atoms with Crippen LogP contribution in [0.25, 0.3) is 61.0 Å². The molecule has 8 aromatic rings. The van der Waals surface area contributed by atoms with Gasteiger partial charge in [0.25, 0.3) is 0 Å². The van der Waals surface area contributed by atoms with Gasteiger partial charge in [0.15, 0.2) is 5.84 Å². The van der Waals surface area contributed by atoms with Gasteiger partial charge in [-0.25, -0.2) is 4.99 Å². The number of allylic oxidation sites excluding steroid dienone is 1. The molecule has 55 heavy (non-hydrogen) atoms. The van der Waals surface area contributed by atoms with Crippen molar-refractivity contribution in [1.29, 1.82) is 0 Å². The van der Waals surface area contributed by atoms with Crippen LogP contribution >= 0.6 is 0 Å². The molecule has 0 aliphatic heterocycles. The van der Waals surface area contributed by atoms with Gasteiger partial charge < -0.3 is 0 Å². The van der Waals surface area contributed by atoms with Gasteiger partial charge in [-0.1, -0.05) is 171 Å². The minimum Gasteiger partial charge on any atom is -0.263 e. The highest BCUT2D eigenvalue weighted by atomic mass is 14.9. The maximum absolute atomic E-state index is 5.37. The van der Waals surface area contributed by atoms with E-state index >= 15 is 0 Å². The first-order valence-electron chi connectivity index (χ1n) is 19.2. The molecule has 0 atom stereocenters. The van der Waals surface area contributed by atoms with Crippen LogP contribution in [0.1, 0.15) is 47.6 Å². The Hall–Kier alpha value is -6.71. The average Bonchev–Trinajstić information content (AvgIpc) is 3.26. The van der Waals surface area contributed by atoms with E-state index < -0.39 is 0 Å². The molecular formula is C52H41N3. The van der Waals surface area contributed by atoms with Crippen molar-refractivity contribution in [3.8, 4) is 33.4 Å². The summed E-state index contributed by atoms with van der Waals surface area (Å²) in [4.78, 5) is 15.1. The highest BCUT2D eigenvalue weighted by Gasteiger charge is 2.14. The van der Waals surface area contributed by atoms with E-state index in [1.54, 1.807) is 0 Å². The third kappa shape index (κ3) is 7.05. The Kier molecular flexibility index (Phi) is 9.50. The molecule has 0 radical (unpaired) electrons. The Morgan fingerprint density at radius 1 is 0.582 bits per heavy atom. The Balaban J connectivity index is 1.08. The van der Waals surface area contributed by atoms with Crippen LogP contribution in [-0.4, -0.2) is 16.5 Å². The van der Waals surface area contributed by atoms with Crippen LogP contribution in [0.2, 0.25) is 0 Å². The van der Waals surface area contributed by atoms with E-state index in [-0.39, 0.29) is 0 Å². The minimum atomic E-state index is 0.514. The molecule has 3 heteroatoms. The zero-order valence-corrected chi connectivity index (χ0v) is 31.0. The van der Waals surface area contributed by atoms with Gasteiger partial charge in [-0.15, -0.1) is 0 Å². The number of amidine groups is 1. The van der Waals surface area contributed by atoms with Gasteiger partial charge in [0.1, 0.15) is 0 Å². The molecule has 264 valence electrons. The number of pyridine rings is 1. The second kappa shape index (κ2) is 15.3. The van der Waals surface area contributed by atoms with E-state index in [4.69, 9.17) is 9.98 Å². The molecule has 0 bridgehead atoms. The van der Waals surface area contributed by atoms with Crippen LogP contribution in [0.5, 0.6) is 0 Å². The van der Waals surface area contributed by atoms with Gasteiger partial charge in [0.05, 0.1) is 6.54 Å². The van der Waals surface area contributed by atoms with Crippen molar-refractivity contribution in [2.24, 2.45) is 9.98 Å². The second-order valence-electron chi connectivity index (χ2n) is 14.2. The summed E-state index contributed by atoms with van der Waals surface area (Å²) in [6.45, 7) is 2.69. The predicted molar refractivity (Wildman–Crippen MR) is 233 cm³/mol. The number of rotatable bonds is 8. The first-order valence-corrected chi connectivity index (χ1v) is 19.2. The zero-order chi connectivity index (χ0) is 37.0. The Morgan fingerprint density at radius 2 is 1.27 bits per heavy atom. The van der Waals surface area contributed by atoms with Gasteiger partial charge >= 0.3 is 0 Å². The molecule has 1 aliphatic carbocycles. The molecule has 1 aliphatic rings. The van der Waals surface area contributed by atoms with Crippen molar-refractivity contribution in [2.75, 3.05) is 0 Å². The number of aromatic nitrogens is 1. The van der Waals surface area contributed by atoms with Gasteiger partial charge in [-0.05, 0) is 91.6 Å². The van der Waals surface area contributed by atoms with Crippen molar-refractivity contribution in [3.05, 3.63) is 204 Å². The maximum Gasteiger partial charge on any atom is 0.155 e. The van der Waals surface area contributed by atoms with E-state index in [9.17, 15) is 0 Å². The quantitative estimate of drug-likeness (QED) is 0.114. The lowest BCUT2D eigenvalue weighted by Gasteiger charge is -2.16. The van der Waals surface area contributed by atoms with E-state index in [2.05, 4.69) is 182 Å². The number of aliphatic imine (C=N–C) groups is 2. The molecule has 1 heterocycles. The van der Waals surface area contributed by atoms with Crippen molar-refractivity contribution in [3.63, 3.8) is 0 Å². The summed E-state index contributed by atoms with van der Waals surface area (Å²) in [6.07, 6.45) is 11.3. The largest absolute Gasteiger partial charge is 0.263 e. The van der Waals surface area contributed by atoms with Crippen LogP contribution in [0.15, 0.2) is 186 Å². The summed E-state index contributed by atoms with van der Waals surface area (Å²) in [5, 5.41) is 4.85. The Labute approximate surface area is 323 Å². The number of benzene rings is 7. The van der Waals surface area contributed by atoms with Crippen LogP contribution < -0.4 is 0 Å². The zero-order valence-electron chi connectivity index (χ0n) is 31.0. The molecule has 9 rings (SSSR count). The van der Waals surface area contributed by atoms with E-state index in [0.29, 0.717) is 6.54 Å². The predicted octanol–water partition coefficient (Wildman–Crippen LogP) is 13.2. The van der Waals surface area contributed by atoms with Gasteiger partial charge in [0, 0.05) is 34.6 Å². The molecular weight excluding hydrogens is 667 g/mol. The number of nitrogens with zero attached hydrogens (tertiary/aromatic N) is 3. The minimum absolute atomic E-state index is 0.514. The van der Waals surface area contributed by atoms with Crippen molar-refractivity contribution in [1.82, 2.24) is 4.98 Å². The van der Waals surface area contributed by atoms with E-state index in [1.807, 2.05) is 12.4 Å². The molecule has 0 fully saturated rings. The van der Waals surface area contributed by atoms with E-state index in [1.165, 1.54) is 49.5 Å². The fourth-order valence-electron chi connectivity index (χ4n) is 7.86. The van der Waals surface area contributed by atoms with Crippen molar-refractivity contribution >= 4 is 39.2 Å². The Morgan fingerprint density at radius 3 is 2.11 bits per heavy atom. The van der Waals surface area contributed by atoms with E-state index in [0.717, 1.165) is 64.0 Å².